The molecule has 0 saturated heterocycles. The third-order valence-electron chi connectivity index (χ3n) is 5.90. The summed E-state index contributed by atoms with van der Waals surface area (Å²) in [5.41, 5.74) is 2.91. The molecule has 0 bridgehead atoms. The molecule has 0 spiro atoms. The van der Waals surface area contributed by atoms with Crippen molar-refractivity contribution in [3.05, 3.63) is 60.6 Å². The number of H-pyrrole nitrogens is 1. The van der Waals surface area contributed by atoms with Gasteiger partial charge in [0.25, 0.3) is 5.91 Å². The molecule has 7 nitrogen and oxygen atoms in total. The van der Waals surface area contributed by atoms with Gasteiger partial charge >= 0.3 is 0 Å². The van der Waals surface area contributed by atoms with Crippen molar-refractivity contribution in [1.82, 2.24) is 19.9 Å². The molecule has 0 radical (unpaired) electrons. The van der Waals surface area contributed by atoms with Gasteiger partial charge in [0.15, 0.2) is 6.61 Å². The van der Waals surface area contributed by atoms with Gasteiger partial charge in [-0.25, -0.2) is 4.98 Å². The van der Waals surface area contributed by atoms with Crippen LogP contribution < -0.4 is 10.1 Å². The maximum atomic E-state index is 12.8. The van der Waals surface area contributed by atoms with Gasteiger partial charge in [-0.3, -0.25) is 4.79 Å². The molecule has 2 aromatic heterocycles. The van der Waals surface area contributed by atoms with E-state index in [1.54, 1.807) is 7.11 Å². The summed E-state index contributed by atoms with van der Waals surface area (Å²) in [6.45, 7) is 5.56. The van der Waals surface area contributed by atoms with Crippen molar-refractivity contribution in [2.75, 3.05) is 20.3 Å². The van der Waals surface area contributed by atoms with Crippen LogP contribution in [0, 0.1) is 5.92 Å². The van der Waals surface area contributed by atoms with Crippen molar-refractivity contribution in [1.29, 1.82) is 0 Å². The van der Waals surface area contributed by atoms with Crippen LogP contribution in [0.2, 0.25) is 0 Å². The molecule has 4 rings (SSSR count). The van der Waals surface area contributed by atoms with Gasteiger partial charge in [-0.1, -0.05) is 38.5 Å². The summed E-state index contributed by atoms with van der Waals surface area (Å²) in [5, 5.41) is 4.10. The Labute approximate surface area is 187 Å². The fraction of sp³-hybridized carbons (Fsp3) is 0.360. The molecule has 0 aliphatic carbocycles. The summed E-state index contributed by atoms with van der Waals surface area (Å²) < 4.78 is 13.2. The standard InChI is InChI=1S/C25H30N4O3/c1-4-17(2)24(25-26-19-8-5-6-9-20(19)27-25)28-23(30)16-32-22-11-7-10-21-18(22)12-13-29(21)14-15-31-3/h5-13,17,24H,4,14-16H2,1-3H3,(H,26,27)(H,28,30)/t17-,24-/m0/s1. The van der Waals surface area contributed by atoms with Crippen molar-refractivity contribution >= 4 is 27.8 Å². The smallest absolute Gasteiger partial charge is 0.258 e. The molecule has 0 saturated carbocycles. The number of methoxy groups -OCH3 is 1. The zero-order chi connectivity index (χ0) is 22.5. The van der Waals surface area contributed by atoms with E-state index in [0.29, 0.717) is 12.4 Å². The molecule has 2 atom stereocenters. The predicted molar refractivity (Wildman–Crippen MR) is 126 cm³/mol. The zero-order valence-corrected chi connectivity index (χ0v) is 18.8. The number of aromatic amines is 1. The highest BCUT2D eigenvalue weighted by atomic mass is 16.5. The quantitative estimate of drug-likeness (QED) is 0.386. The number of hydrogen-bond donors (Lipinski definition) is 2. The molecule has 0 aliphatic rings. The molecule has 168 valence electrons. The summed E-state index contributed by atoms with van der Waals surface area (Å²) >= 11 is 0. The lowest BCUT2D eigenvalue weighted by Gasteiger charge is -2.22. The van der Waals surface area contributed by atoms with E-state index < -0.39 is 0 Å². The second-order valence-corrected chi connectivity index (χ2v) is 8.05. The van der Waals surface area contributed by atoms with E-state index >= 15 is 0 Å². The van der Waals surface area contributed by atoms with Gasteiger partial charge in [0.05, 0.1) is 29.2 Å². The van der Waals surface area contributed by atoms with Crippen molar-refractivity contribution in [3.8, 4) is 5.75 Å². The molecule has 7 heteroatoms. The number of carbonyl (C=O) groups is 1. The van der Waals surface area contributed by atoms with E-state index in [-0.39, 0.29) is 24.5 Å². The van der Waals surface area contributed by atoms with E-state index in [2.05, 4.69) is 28.7 Å². The number of ether oxygens (including phenoxy) is 2. The topological polar surface area (TPSA) is 81.2 Å². The Bertz CT molecular complexity index is 1160. The highest BCUT2D eigenvalue weighted by Crippen LogP contribution is 2.27. The minimum atomic E-state index is -0.214. The minimum Gasteiger partial charge on any atom is -0.483 e. The van der Waals surface area contributed by atoms with Gasteiger partial charge in [0.2, 0.25) is 0 Å². The van der Waals surface area contributed by atoms with E-state index in [1.807, 2.05) is 54.7 Å². The Hall–Kier alpha value is -3.32. The zero-order valence-electron chi connectivity index (χ0n) is 18.8. The molecule has 0 unspecified atom stereocenters. The highest BCUT2D eigenvalue weighted by Gasteiger charge is 2.24. The number of rotatable bonds is 10. The van der Waals surface area contributed by atoms with Gasteiger partial charge in [0.1, 0.15) is 11.6 Å². The molecule has 0 fully saturated rings. The van der Waals surface area contributed by atoms with Crippen LogP contribution >= 0.6 is 0 Å². The van der Waals surface area contributed by atoms with Gasteiger partial charge in [0, 0.05) is 25.2 Å². The number of fused-ring (bicyclic) bond motifs is 2. The average Bonchev–Trinajstić information content (AvgIpc) is 3.43. The third-order valence-corrected chi connectivity index (χ3v) is 5.90. The third kappa shape index (κ3) is 4.62. The molecule has 32 heavy (non-hydrogen) atoms. The Morgan fingerprint density at radius 3 is 2.81 bits per heavy atom. The van der Waals surface area contributed by atoms with Crippen molar-refractivity contribution in [2.45, 2.75) is 32.9 Å². The van der Waals surface area contributed by atoms with Crippen LogP contribution in [0.25, 0.3) is 21.9 Å². The van der Waals surface area contributed by atoms with Gasteiger partial charge in [-0.2, -0.15) is 0 Å². The Morgan fingerprint density at radius 2 is 2.03 bits per heavy atom. The first-order valence-electron chi connectivity index (χ1n) is 11.0. The first-order chi connectivity index (χ1) is 15.6. The monoisotopic (exact) mass is 434 g/mol. The van der Waals surface area contributed by atoms with Crippen molar-refractivity contribution in [3.63, 3.8) is 0 Å². The lowest BCUT2D eigenvalue weighted by Crippen LogP contribution is -2.36. The molecule has 2 heterocycles. The van der Waals surface area contributed by atoms with Gasteiger partial charge < -0.3 is 24.3 Å². The number of benzene rings is 2. The second kappa shape index (κ2) is 9.87. The summed E-state index contributed by atoms with van der Waals surface area (Å²) in [4.78, 5) is 20.9. The van der Waals surface area contributed by atoms with Crippen LogP contribution in [0.4, 0.5) is 0 Å². The SMILES string of the molecule is CC[C@H](C)[C@H](NC(=O)COc1cccc2c1ccn2CCOC)c1nc2ccccc2[nH]1. The first kappa shape index (κ1) is 21.9. The maximum Gasteiger partial charge on any atom is 0.258 e. The van der Waals surface area contributed by atoms with E-state index in [1.165, 1.54) is 0 Å². The van der Waals surface area contributed by atoms with Crippen LogP contribution in [0.15, 0.2) is 54.7 Å². The molecule has 1 amide bonds. The molecule has 0 aliphatic heterocycles. The number of hydrogen-bond acceptors (Lipinski definition) is 4. The number of para-hydroxylation sites is 2. The Kier molecular flexibility index (Phi) is 6.75. The number of imidazole rings is 1. The lowest BCUT2D eigenvalue weighted by atomic mass is 9.98. The van der Waals surface area contributed by atoms with Crippen molar-refractivity contribution in [2.24, 2.45) is 5.92 Å². The van der Waals surface area contributed by atoms with Crippen LogP contribution in [-0.4, -0.2) is 40.8 Å². The van der Waals surface area contributed by atoms with Crippen molar-refractivity contribution < 1.29 is 14.3 Å². The number of nitrogens with one attached hydrogen (secondary N) is 2. The number of carbonyl (C=O) groups excluding carboxylic acids is 1. The highest BCUT2D eigenvalue weighted by molar-refractivity contribution is 5.87. The fourth-order valence-corrected chi connectivity index (χ4v) is 3.90. The largest absolute Gasteiger partial charge is 0.483 e. The molecular formula is C25H30N4O3. The van der Waals surface area contributed by atoms with Crippen LogP contribution in [0.3, 0.4) is 0 Å². The summed E-state index contributed by atoms with van der Waals surface area (Å²) in [6, 6.07) is 15.6. The molecular weight excluding hydrogens is 404 g/mol. The number of nitrogens with zero attached hydrogens (tertiary/aromatic N) is 2. The minimum absolute atomic E-state index is 0.0600. The molecule has 2 N–H and O–H groups in total. The summed E-state index contributed by atoms with van der Waals surface area (Å²) in [6.07, 6.45) is 2.92. The van der Waals surface area contributed by atoms with Gasteiger partial charge in [-0.05, 0) is 36.2 Å². The normalized spacial score (nSPS) is 13.3. The molecule has 4 aromatic rings. The van der Waals surface area contributed by atoms with E-state index in [9.17, 15) is 4.79 Å². The molecule has 2 aromatic carbocycles. The predicted octanol–water partition coefficient (Wildman–Crippen LogP) is 4.45. The first-order valence-corrected chi connectivity index (χ1v) is 11.0. The second-order valence-electron chi connectivity index (χ2n) is 8.05. The van der Waals surface area contributed by atoms with Crippen LogP contribution in [0.1, 0.15) is 32.1 Å². The maximum absolute atomic E-state index is 12.8. The summed E-state index contributed by atoms with van der Waals surface area (Å²) in [5.74, 6) is 1.51. The average molecular weight is 435 g/mol. The van der Waals surface area contributed by atoms with E-state index in [0.717, 1.165) is 40.7 Å². The summed E-state index contributed by atoms with van der Waals surface area (Å²) in [7, 11) is 1.69. The van der Waals surface area contributed by atoms with Gasteiger partial charge in [-0.15, -0.1) is 0 Å². The fourth-order valence-electron chi connectivity index (χ4n) is 3.90. The lowest BCUT2D eigenvalue weighted by molar-refractivity contribution is -0.124. The number of aromatic nitrogens is 3. The number of amides is 1. The Morgan fingerprint density at radius 1 is 1.19 bits per heavy atom. The van der Waals surface area contributed by atoms with Crippen LogP contribution in [0.5, 0.6) is 5.75 Å². The van der Waals surface area contributed by atoms with Crippen LogP contribution in [-0.2, 0) is 16.1 Å². The van der Waals surface area contributed by atoms with E-state index in [4.69, 9.17) is 14.5 Å². The Balaban J connectivity index is 1.46.